The minimum absolute atomic E-state index is 0.00962. The molecule has 1 aromatic rings. The molecule has 15 nitrogen and oxygen atoms in total. The number of phosphoric ester groups is 1. The van der Waals surface area contributed by atoms with Crippen LogP contribution in [0.1, 0.15) is 39.5 Å². The Balaban J connectivity index is 0.000000416. The molecule has 51 heavy (non-hydrogen) atoms. The summed E-state index contributed by atoms with van der Waals surface area (Å²) in [4.78, 5) is 52.7. The van der Waals surface area contributed by atoms with Crippen LogP contribution in [0.25, 0.3) is 0 Å². The second-order valence-electron chi connectivity index (χ2n) is 10.3. The van der Waals surface area contributed by atoms with E-state index in [1.165, 1.54) is 32.2 Å². The van der Waals surface area contributed by atoms with Gasteiger partial charge in [0.1, 0.15) is 11.6 Å². The van der Waals surface area contributed by atoms with Crippen molar-refractivity contribution in [3.8, 4) is 5.75 Å². The van der Waals surface area contributed by atoms with E-state index in [9.17, 15) is 28.1 Å². The second kappa shape index (κ2) is 21.9. The van der Waals surface area contributed by atoms with Crippen molar-refractivity contribution in [2.24, 2.45) is 5.16 Å². The molecule has 1 saturated carbocycles. The summed E-state index contributed by atoms with van der Waals surface area (Å²) < 4.78 is 48.8. The summed E-state index contributed by atoms with van der Waals surface area (Å²) in [7, 11) is 3.38. The predicted octanol–water partition coefficient (Wildman–Crippen LogP) is 8.34. The van der Waals surface area contributed by atoms with E-state index in [-0.39, 0.29) is 39.3 Å². The monoisotopic (exact) mass is 950 g/mol. The number of halogens is 6. The van der Waals surface area contributed by atoms with Crippen LogP contribution in [0, 0.1) is 5.82 Å². The Morgan fingerprint density at radius 1 is 1.20 bits per heavy atom. The van der Waals surface area contributed by atoms with Crippen molar-refractivity contribution in [3.05, 3.63) is 34.3 Å². The maximum Gasteiger partial charge on any atom is 0.475 e. The van der Waals surface area contributed by atoms with Gasteiger partial charge in [0.25, 0.3) is 5.91 Å². The highest BCUT2D eigenvalue weighted by Gasteiger charge is 2.41. The molecule has 0 spiro atoms. The van der Waals surface area contributed by atoms with Crippen molar-refractivity contribution < 1.29 is 56.0 Å². The zero-order chi connectivity index (χ0) is 39.3. The van der Waals surface area contributed by atoms with E-state index in [1.807, 2.05) is 0 Å². The number of carbonyl (C=O) groups excluding carboxylic acids is 4. The number of carbonyl (C=O) groups is 4. The van der Waals surface area contributed by atoms with E-state index < -0.39 is 40.0 Å². The van der Waals surface area contributed by atoms with Gasteiger partial charge < -0.3 is 19.7 Å². The number of phosphoric acid groups is 1. The zero-order valence-corrected chi connectivity index (χ0v) is 35.7. The van der Waals surface area contributed by atoms with Gasteiger partial charge >= 0.3 is 25.9 Å². The van der Waals surface area contributed by atoms with E-state index in [2.05, 4.69) is 56.2 Å². The fourth-order valence-electron chi connectivity index (χ4n) is 3.67. The Hall–Kier alpha value is -1.67. The molecule has 2 fully saturated rings. The number of oxime groups is 1. The Morgan fingerprint density at radius 2 is 1.76 bits per heavy atom. The Morgan fingerprint density at radius 3 is 2.20 bits per heavy atom. The summed E-state index contributed by atoms with van der Waals surface area (Å²) >= 11 is 24.2. The number of thioether (sulfide) groups is 1. The number of allylic oxidation sites excluding steroid dienone is 1. The summed E-state index contributed by atoms with van der Waals surface area (Å²) in [5.41, 5.74) is 0.311. The van der Waals surface area contributed by atoms with E-state index in [0.717, 1.165) is 43.5 Å². The predicted molar refractivity (Wildman–Crippen MR) is 201 cm³/mol. The third-order valence-corrected chi connectivity index (χ3v) is 11.6. The Bertz CT molecular complexity index is 1520. The number of alkyl halides is 4. The third-order valence-electron chi connectivity index (χ3n) is 6.19. The van der Waals surface area contributed by atoms with Crippen LogP contribution >= 0.6 is 86.2 Å². The lowest BCUT2D eigenvalue weighted by atomic mass is 10.2. The number of ether oxygens (including phenoxy) is 2. The van der Waals surface area contributed by atoms with Gasteiger partial charge in [-0.2, -0.15) is 0 Å². The molecule has 0 bridgehead atoms. The molecule has 1 atom stereocenters. The lowest BCUT2D eigenvalue weighted by Crippen LogP contribution is -2.29. The van der Waals surface area contributed by atoms with Gasteiger partial charge in [-0.15, -0.1) is 11.8 Å². The van der Waals surface area contributed by atoms with Gasteiger partial charge in [0.2, 0.25) is 8.29 Å². The standard InChI is InChI=1S/C17H17ClFNO4.C7H13N3O3S.C4H7Br2Cl2O4P/c1-9(2)15-16(21)20(17(22)24-15)13-8-14(11(18)7-12(13)19)23-10-5-3-4-6-10;1-8-7(12)13-9-5(14-4)6(11)10(2)3;1-10-13(9,11-2)12-3(5)4(6,7)8/h7-8,10H,3-6H2,1-2H3;1-4H3,(H,8,12);3H,1-2H3. The summed E-state index contributed by atoms with van der Waals surface area (Å²) in [6.07, 6.45) is 3.97. The number of nitrogens with one attached hydrogen (secondary N) is 1. The average molecular weight is 954 g/mol. The molecule has 1 aromatic carbocycles. The molecule has 2 aliphatic rings. The maximum absolute atomic E-state index is 14.3. The largest absolute Gasteiger partial charge is 0.489 e. The molecule has 23 heteroatoms. The highest BCUT2D eigenvalue weighted by atomic mass is 79.9. The zero-order valence-electron chi connectivity index (χ0n) is 28.6. The van der Waals surface area contributed by atoms with Crippen LogP contribution in [-0.4, -0.2) is 89.9 Å². The maximum atomic E-state index is 14.3. The van der Waals surface area contributed by atoms with Crippen LogP contribution in [0.5, 0.6) is 5.75 Å². The minimum Gasteiger partial charge on any atom is -0.489 e. The smallest absolute Gasteiger partial charge is 0.475 e. The van der Waals surface area contributed by atoms with E-state index >= 15 is 0 Å². The van der Waals surface area contributed by atoms with Gasteiger partial charge in [-0.05, 0) is 73.4 Å². The van der Waals surface area contributed by atoms with Crippen molar-refractivity contribution in [1.29, 1.82) is 0 Å². The van der Waals surface area contributed by atoms with Gasteiger partial charge in [0, 0.05) is 41.4 Å². The molecule has 1 unspecified atom stereocenters. The van der Waals surface area contributed by atoms with Crippen molar-refractivity contribution in [2.45, 2.75) is 53.9 Å². The summed E-state index contributed by atoms with van der Waals surface area (Å²) in [5, 5.41) is 4.91. The number of anilines is 1. The van der Waals surface area contributed by atoms with Crippen molar-refractivity contribution in [3.63, 3.8) is 0 Å². The fourth-order valence-corrected chi connectivity index (χ4v) is 6.10. The summed E-state index contributed by atoms with van der Waals surface area (Å²) in [5.74, 6) is -1.63. The summed E-state index contributed by atoms with van der Waals surface area (Å²) in [6.45, 7) is 3.27. The van der Waals surface area contributed by atoms with E-state index in [4.69, 9.17) is 48.8 Å². The first kappa shape index (κ1) is 47.4. The molecule has 288 valence electrons. The first-order valence-electron chi connectivity index (χ1n) is 14.4. The van der Waals surface area contributed by atoms with Crippen LogP contribution < -0.4 is 15.0 Å². The normalized spacial score (nSPS) is 15.6. The molecule has 1 heterocycles. The molecule has 1 N–H and O–H groups in total. The molecule has 1 aliphatic heterocycles. The molecule has 4 amide bonds. The molecule has 1 aliphatic carbocycles. The molecule has 0 radical (unpaired) electrons. The van der Waals surface area contributed by atoms with Crippen molar-refractivity contribution in [2.75, 3.05) is 46.5 Å². The SMILES string of the molecule is CC(C)=C1OC(=O)N(c2cc(OC3CCCC3)c(Cl)cc2F)C1=O.CNC(=O)ON=C(SC)C(=O)N(C)C.COP(=O)(OC)OC(Br)C(Cl)(Cl)Br. The molecular formula is C28H37Br2Cl3FN4O11PS. The van der Waals surface area contributed by atoms with E-state index in [0.29, 0.717) is 10.5 Å². The van der Waals surface area contributed by atoms with Crippen LogP contribution in [-0.2, 0) is 37.3 Å². The third kappa shape index (κ3) is 14.9. The second-order valence-corrected chi connectivity index (χ2v) is 17.7. The van der Waals surface area contributed by atoms with Gasteiger partial charge in [-0.3, -0.25) is 28.0 Å². The van der Waals surface area contributed by atoms with Gasteiger partial charge in [0.15, 0.2) is 10.8 Å². The minimum atomic E-state index is -3.58. The van der Waals surface area contributed by atoms with Gasteiger partial charge in [0.05, 0.1) is 16.8 Å². The molecule has 3 rings (SSSR count). The molecule has 1 saturated heterocycles. The van der Waals surface area contributed by atoms with Crippen LogP contribution in [0.15, 0.2) is 28.6 Å². The lowest BCUT2D eigenvalue weighted by molar-refractivity contribution is -0.121. The van der Waals surface area contributed by atoms with Crippen LogP contribution in [0.3, 0.4) is 0 Å². The molecular weight excluding hydrogens is 917 g/mol. The number of nitrogens with zero attached hydrogens (tertiary/aromatic N) is 3. The average Bonchev–Trinajstić information content (AvgIpc) is 3.69. The quantitative estimate of drug-likeness (QED) is 0.0478. The van der Waals surface area contributed by atoms with Crippen LogP contribution in [0.2, 0.25) is 5.02 Å². The highest BCUT2D eigenvalue weighted by molar-refractivity contribution is 9.13. The fraction of sp³-hybridized carbons (Fsp3) is 0.536. The number of amides is 4. The lowest BCUT2D eigenvalue weighted by Gasteiger charge is -2.22. The van der Waals surface area contributed by atoms with Crippen molar-refractivity contribution in [1.82, 2.24) is 10.2 Å². The number of imide groups is 1. The van der Waals surface area contributed by atoms with Crippen LogP contribution in [0.4, 0.5) is 19.7 Å². The molecule has 0 aromatic heterocycles. The Kier molecular flexibility index (Phi) is 20.3. The first-order chi connectivity index (χ1) is 23.7. The number of benzene rings is 1. The highest BCUT2D eigenvalue weighted by Crippen LogP contribution is 2.53. The first-order valence-corrected chi connectivity index (χ1v) is 19.9. The van der Waals surface area contributed by atoms with Gasteiger partial charge in [-0.1, -0.05) is 55.9 Å². The number of hydrogen-bond acceptors (Lipinski definition) is 13. The van der Waals surface area contributed by atoms with Crippen molar-refractivity contribution >= 4 is 121 Å². The number of cyclic esters (lactones) is 1. The number of rotatable bonds is 9. The Labute approximate surface area is 330 Å². The van der Waals surface area contributed by atoms with E-state index in [1.54, 1.807) is 34.2 Å². The topological polar surface area (TPSA) is 172 Å². The summed E-state index contributed by atoms with van der Waals surface area (Å²) in [6, 6.07) is 2.32. The number of hydrogen-bond donors (Lipinski definition) is 1. The van der Waals surface area contributed by atoms with Gasteiger partial charge in [-0.25, -0.2) is 23.4 Å².